The lowest BCUT2D eigenvalue weighted by Gasteiger charge is -2.17. The summed E-state index contributed by atoms with van der Waals surface area (Å²) in [5.74, 6) is -2.55. The summed E-state index contributed by atoms with van der Waals surface area (Å²) in [5.41, 5.74) is 5.95. The molecular formula is C13H18N2O6. The van der Waals surface area contributed by atoms with Crippen molar-refractivity contribution in [3.8, 4) is 11.5 Å². The highest BCUT2D eigenvalue weighted by Gasteiger charge is 2.23. The van der Waals surface area contributed by atoms with Gasteiger partial charge in [-0.1, -0.05) is 6.07 Å². The number of nitrogens with one attached hydrogen (secondary N) is 1. The van der Waals surface area contributed by atoms with E-state index in [1.54, 1.807) is 0 Å². The van der Waals surface area contributed by atoms with E-state index in [4.69, 9.17) is 15.6 Å². The third kappa shape index (κ3) is 4.93. The second-order valence-electron chi connectivity index (χ2n) is 4.49. The second-order valence-corrected chi connectivity index (χ2v) is 4.49. The molecule has 8 nitrogen and oxygen atoms in total. The number of carbonyl (C=O) groups excluding carboxylic acids is 1. The summed E-state index contributed by atoms with van der Waals surface area (Å²) in [6.45, 7) is -0.0296. The number of ether oxygens (including phenoxy) is 1. The van der Waals surface area contributed by atoms with Gasteiger partial charge in [-0.15, -0.1) is 0 Å². The number of amides is 1. The van der Waals surface area contributed by atoms with Crippen LogP contribution in [0.25, 0.3) is 0 Å². The number of phenolic OH excluding ortho intramolecular Hbond substituents is 2. The van der Waals surface area contributed by atoms with Gasteiger partial charge in [-0.05, 0) is 17.7 Å². The van der Waals surface area contributed by atoms with Crippen LogP contribution in [-0.2, 0) is 20.7 Å². The summed E-state index contributed by atoms with van der Waals surface area (Å²) in [6.07, 6.45) is -0.0609. The van der Waals surface area contributed by atoms with E-state index in [9.17, 15) is 19.8 Å². The Kier molecular flexibility index (Phi) is 5.94. The average Bonchev–Trinajstić information content (AvgIpc) is 2.42. The number of hydrogen-bond acceptors (Lipinski definition) is 6. The Morgan fingerprint density at radius 1 is 1.33 bits per heavy atom. The maximum absolute atomic E-state index is 11.7. The standard InChI is InChI=1S/C13H18N2O6/c1-21-6-8(14)12(18)15-9(13(19)20)4-7-2-3-10(16)11(17)5-7/h2-3,5,8-9,16-17H,4,6,14H2,1H3,(H,15,18)(H,19,20)/t8?,9-/m0/s1. The van der Waals surface area contributed by atoms with E-state index in [0.717, 1.165) is 0 Å². The molecule has 116 valence electrons. The summed E-state index contributed by atoms with van der Waals surface area (Å²) in [4.78, 5) is 22.9. The van der Waals surface area contributed by atoms with Crippen molar-refractivity contribution in [3.63, 3.8) is 0 Å². The van der Waals surface area contributed by atoms with Gasteiger partial charge < -0.3 is 31.1 Å². The quantitative estimate of drug-likeness (QED) is 0.414. The number of nitrogens with two attached hydrogens (primary N) is 1. The minimum Gasteiger partial charge on any atom is -0.504 e. The molecule has 1 aromatic carbocycles. The number of phenols is 2. The average molecular weight is 298 g/mol. The van der Waals surface area contributed by atoms with Gasteiger partial charge in [0.25, 0.3) is 0 Å². The molecule has 0 bridgehead atoms. The van der Waals surface area contributed by atoms with Crippen LogP contribution >= 0.6 is 0 Å². The highest BCUT2D eigenvalue weighted by Crippen LogP contribution is 2.25. The van der Waals surface area contributed by atoms with Crippen LogP contribution in [0.15, 0.2) is 18.2 Å². The second kappa shape index (κ2) is 7.46. The molecule has 1 aromatic rings. The van der Waals surface area contributed by atoms with E-state index in [-0.39, 0.29) is 24.5 Å². The lowest BCUT2D eigenvalue weighted by atomic mass is 10.0. The molecular weight excluding hydrogens is 280 g/mol. The van der Waals surface area contributed by atoms with Crippen LogP contribution in [0.4, 0.5) is 0 Å². The van der Waals surface area contributed by atoms with Crippen LogP contribution < -0.4 is 11.1 Å². The first kappa shape index (κ1) is 16.7. The molecule has 0 saturated carbocycles. The van der Waals surface area contributed by atoms with Gasteiger partial charge in [0.1, 0.15) is 12.1 Å². The fraction of sp³-hybridized carbons (Fsp3) is 0.385. The predicted molar refractivity (Wildman–Crippen MR) is 72.9 cm³/mol. The van der Waals surface area contributed by atoms with Gasteiger partial charge in [-0.3, -0.25) is 4.79 Å². The van der Waals surface area contributed by atoms with Crippen LogP contribution in [0.2, 0.25) is 0 Å². The van der Waals surface area contributed by atoms with Crippen molar-refractivity contribution in [2.75, 3.05) is 13.7 Å². The Hall–Kier alpha value is -2.32. The van der Waals surface area contributed by atoms with Crippen molar-refractivity contribution in [2.45, 2.75) is 18.5 Å². The van der Waals surface area contributed by atoms with Gasteiger partial charge in [0.05, 0.1) is 6.61 Å². The molecule has 2 atom stereocenters. The number of aromatic hydroxyl groups is 2. The molecule has 0 radical (unpaired) electrons. The molecule has 0 aliphatic rings. The number of hydrogen-bond donors (Lipinski definition) is 5. The van der Waals surface area contributed by atoms with Crippen molar-refractivity contribution in [3.05, 3.63) is 23.8 Å². The predicted octanol–water partition coefficient (Wildman–Crippen LogP) is -0.817. The Bertz CT molecular complexity index is 519. The molecule has 0 saturated heterocycles. The third-order valence-electron chi connectivity index (χ3n) is 2.78. The SMILES string of the molecule is COCC(N)C(=O)N[C@@H](Cc1ccc(O)c(O)c1)C(=O)O. The molecule has 0 aromatic heterocycles. The number of carbonyl (C=O) groups is 2. The number of carboxylic acid groups (broad SMARTS) is 1. The van der Waals surface area contributed by atoms with E-state index in [0.29, 0.717) is 5.56 Å². The first-order valence-corrected chi connectivity index (χ1v) is 6.13. The Balaban J connectivity index is 2.76. The van der Waals surface area contributed by atoms with Gasteiger partial charge in [-0.2, -0.15) is 0 Å². The van der Waals surface area contributed by atoms with Gasteiger partial charge >= 0.3 is 5.97 Å². The normalized spacial score (nSPS) is 13.4. The molecule has 1 amide bonds. The lowest BCUT2D eigenvalue weighted by Crippen LogP contribution is -2.50. The van der Waals surface area contributed by atoms with Crippen LogP contribution in [0, 0.1) is 0 Å². The largest absolute Gasteiger partial charge is 0.504 e. The van der Waals surface area contributed by atoms with E-state index in [1.807, 2.05) is 0 Å². The first-order chi connectivity index (χ1) is 9.85. The van der Waals surface area contributed by atoms with Crippen molar-refractivity contribution >= 4 is 11.9 Å². The number of aliphatic carboxylic acids is 1. The van der Waals surface area contributed by atoms with Gasteiger partial charge in [0, 0.05) is 13.5 Å². The van der Waals surface area contributed by atoms with E-state index >= 15 is 0 Å². The first-order valence-electron chi connectivity index (χ1n) is 6.13. The van der Waals surface area contributed by atoms with Crippen LogP contribution in [0.5, 0.6) is 11.5 Å². The van der Waals surface area contributed by atoms with Crippen LogP contribution in [0.1, 0.15) is 5.56 Å². The fourth-order valence-corrected chi connectivity index (χ4v) is 1.67. The zero-order chi connectivity index (χ0) is 16.0. The molecule has 0 aliphatic heterocycles. The monoisotopic (exact) mass is 298 g/mol. The summed E-state index contributed by atoms with van der Waals surface area (Å²) < 4.78 is 4.72. The minimum absolute atomic E-state index is 0.0296. The maximum Gasteiger partial charge on any atom is 0.326 e. The van der Waals surface area contributed by atoms with Crippen molar-refractivity contribution in [1.82, 2.24) is 5.32 Å². The fourth-order valence-electron chi connectivity index (χ4n) is 1.67. The zero-order valence-corrected chi connectivity index (χ0v) is 11.4. The maximum atomic E-state index is 11.7. The number of benzene rings is 1. The molecule has 0 fully saturated rings. The van der Waals surface area contributed by atoms with Crippen LogP contribution in [0.3, 0.4) is 0 Å². The molecule has 6 N–H and O–H groups in total. The third-order valence-corrected chi connectivity index (χ3v) is 2.78. The number of carboxylic acids is 1. The molecule has 0 heterocycles. The molecule has 1 unspecified atom stereocenters. The van der Waals surface area contributed by atoms with Gasteiger partial charge in [-0.25, -0.2) is 4.79 Å². The van der Waals surface area contributed by atoms with Crippen molar-refractivity contribution in [2.24, 2.45) is 5.73 Å². The highest BCUT2D eigenvalue weighted by molar-refractivity contribution is 5.87. The lowest BCUT2D eigenvalue weighted by molar-refractivity contribution is -0.142. The zero-order valence-electron chi connectivity index (χ0n) is 11.4. The molecule has 0 spiro atoms. The van der Waals surface area contributed by atoms with E-state index < -0.39 is 24.0 Å². The van der Waals surface area contributed by atoms with Crippen LogP contribution in [-0.4, -0.2) is 53.0 Å². The smallest absolute Gasteiger partial charge is 0.326 e. The molecule has 8 heteroatoms. The minimum atomic E-state index is -1.24. The topological polar surface area (TPSA) is 142 Å². The van der Waals surface area contributed by atoms with Gasteiger partial charge in [0.15, 0.2) is 11.5 Å². The number of rotatable bonds is 7. The van der Waals surface area contributed by atoms with Crippen molar-refractivity contribution < 1.29 is 29.6 Å². The summed E-state index contributed by atoms with van der Waals surface area (Å²) >= 11 is 0. The Labute approximate surface area is 121 Å². The molecule has 1 rings (SSSR count). The van der Waals surface area contributed by atoms with E-state index in [1.165, 1.54) is 25.3 Å². The Morgan fingerprint density at radius 3 is 2.52 bits per heavy atom. The van der Waals surface area contributed by atoms with E-state index in [2.05, 4.69) is 5.32 Å². The number of methoxy groups -OCH3 is 1. The summed E-state index contributed by atoms with van der Waals surface area (Å²) in [6, 6.07) is 1.75. The summed E-state index contributed by atoms with van der Waals surface area (Å²) in [5, 5.41) is 30.0. The highest BCUT2D eigenvalue weighted by atomic mass is 16.5. The van der Waals surface area contributed by atoms with Gasteiger partial charge in [0.2, 0.25) is 5.91 Å². The molecule has 0 aliphatic carbocycles. The molecule has 21 heavy (non-hydrogen) atoms. The Morgan fingerprint density at radius 2 is 2.00 bits per heavy atom. The van der Waals surface area contributed by atoms with Crippen molar-refractivity contribution in [1.29, 1.82) is 0 Å². The summed E-state index contributed by atoms with van der Waals surface area (Å²) in [7, 11) is 1.38.